The van der Waals surface area contributed by atoms with Crippen molar-refractivity contribution < 1.29 is 10.0 Å². The van der Waals surface area contributed by atoms with Gasteiger partial charge in [0.05, 0.1) is 11.5 Å². The van der Waals surface area contributed by atoms with Gasteiger partial charge in [0.25, 0.3) is 5.69 Å². The maximum absolute atomic E-state index is 11.3. The van der Waals surface area contributed by atoms with Gasteiger partial charge >= 0.3 is 0 Å². The number of rotatable bonds is 3. The lowest BCUT2D eigenvalue weighted by molar-refractivity contribution is -0.384. The smallest absolute Gasteiger partial charge is 0.292 e. The zero-order valence-corrected chi connectivity index (χ0v) is 12.2. The number of nitrogens with zero attached hydrogens (tertiary/aromatic N) is 3. The highest BCUT2D eigenvalue weighted by Gasteiger charge is 2.36. The van der Waals surface area contributed by atoms with Gasteiger partial charge in [0.1, 0.15) is 5.69 Å². The van der Waals surface area contributed by atoms with E-state index in [4.69, 9.17) is 0 Å². The molecule has 2 fully saturated rings. The van der Waals surface area contributed by atoms with E-state index in [1.54, 1.807) is 12.1 Å². The average Bonchev–Trinajstić information content (AvgIpc) is 2.71. The molecular weight excluding hydrogens is 270 g/mol. The van der Waals surface area contributed by atoms with Crippen molar-refractivity contribution in [3.05, 3.63) is 33.9 Å². The molecule has 0 radical (unpaired) electrons. The standard InChI is InChI=1S/C15H21N3O3/c1-16-12-3-4-13(16)9-17(7-6-12)15-8-11(10-19)2-5-14(15)18(20)21/h2,5,8,12-13,19H,3-4,6-7,9-10H2,1H3. The minimum absolute atomic E-state index is 0.0925. The molecule has 2 atom stereocenters. The number of nitro groups is 1. The molecule has 21 heavy (non-hydrogen) atoms. The third-order valence-corrected chi connectivity index (χ3v) is 4.91. The zero-order valence-electron chi connectivity index (χ0n) is 12.2. The third kappa shape index (κ3) is 2.61. The van der Waals surface area contributed by atoms with E-state index in [1.165, 1.54) is 12.5 Å². The van der Waals surface area contributed by atoms with E-state index in [0.717, 1.165) is 31.5 Å². The van der Waals surface area contributed by atoms with Crippen LogP contribution in [0.15, 0.2) is 18.2 Å². The van der Waals surface area contributed by atoms with Crippen LogP contribution in [0.4, 0.5) is 11.4 Å². The molecule has 0 aliphatic carbocycles. The van der Waals surface area contributed by atoms with Crippen LogP contribution in [0.3, 0.4) is 0 Å². The molecule has 2 heterocycles. The van der Waals surface area contributed by atoms with E-state index < -0.39 is 0 Å². The zero-order chi connectivity index (χ0) is 15.0. The van der Waals surface area contributed by atoms with E-state index in [1.807, 2.05) is 0 Å². The van der Waals surface area contributed by atoms with Gasteiger partial charge in [0.2, 0.25) is 0 Å². The predicted octanol–water partition coefficient (Wildman–Crippen LogP) is 1.76. The Labute approximate surface area is 124 Å². The first kappa shape index (κ1) is 14.3. The van der Waals surface area contributed by atoms with Crippen LogP contribution in [0.1, 0.15) is 24.8 Å². The van der Waals surface area contributed by atoms with Crippen LogP contribution in [0.2, 0.25) is 0 Å². The Morgan fingerprint density at radius 1 is 1.33 bits per heavy atom. The molecular formula is C15H21N3O3. The summed E-state index contributed by atoms with van der Waals surface area (Å²) >= 11 is 0. The van der Waals surface area contributed by atoms with Gasteiger partial charge in [0.15, 0.2) is 0 Å². The van der Waals surface area contributed by atoms with Crippen molar-refractivity contribution in [2.45, 2.75) is 38.0 Å². The largest absolute Gasteiger partial charge is 0.392 e. The highest BCUT2D eigenvalue weighted by molar-refractivity contribution is 5.64. The fraction of sp³-hybridized carbons (Fsp3) is 0.600. The highest BCUT2D eigenvalue weighted by atomic mass is 16.6. The molecule has 0 saturated carbocycles. The SMILES string of the molecule is CN1C2CCC1CN(c1cc(CO)ccc1[N+](=O)[O-])CC2. The van der Waals surface area contributed by atoms with Gasteiger partial charge in [-0.2, -0.15) is 0 Å². The Morgan fingerprint density at radius 2 is 2.10 bits per heavy atom. The summed E-state index contributed by atoms with van der Waals surface area (Å²) in [5.74, 6) is 0. The maximum atomic E-state index is 11.3. The molecule has 114 valence electrons. The lowest BCUT2D eigenvalue weighted by atomic mass is 10.1. The first-order valence-corrected chi connectivity index (χ1v) is 7.45. The van der Waals surface area contributed by atoms with Crippen LogP contribution in [0.5, 0.6) is 0 Å². The monoisotopic (exact) mass is 291 g/mol. The summed E-state index contributed by atoms with van der Waals surface area (Å²) < 4.78 is 0. The second-order valence-corrected chi connectivity index (χ2v) is 6.02. The number of hydrogen-bond donors (Lipinski definition) is 1. The molecule has 2 unspecified atom stereocenters. The van der Waals surface area contributed by atoms with E-state index in [0.29, 0.717) is 17.8 Å². The fourth-order valence-corrected chi connectivity index (χ4v) is 3.60. The number of benzene rings is 1. The number of hydrogen-bond acceptors (Lipinski definition) is 5. The molecule has 2 aliphatic heterocycles. The number of fused-ring (bicyclic) bond motifs is 2. The number of likely N-dealkylation sites (N-methyl/N-ethyl adjacent to an activating group) is 1. The fourth-order valence-electron chi connectivity index (χ4n) is 3.60. The molecule has 1 aromatic rings. The second kappa shape index (κ2) is 5.61. The minimum Gasteiger partial charge on any atom is -0.392 e. The third-order valence-electron chi connectivity index (χ3n) is 4.91. The topological polar surface area (TPSA) is 69.8 Å². The highest BCUT2D eigenvalue weighted by Crippen LogP contribution is 2.35. The van der Waals surface area contributed by atoms with Gasteiger partial charge in [-0.15, -0.1) is 0 Å². The van der Waals surface area contributed by atoms with Crippen LogP contribution in [-0.4, -0.2) is 47.2 Å². The van der Waals surface area contributed by atoms with E-state index in [2.05, 4.69) is 16.8 Å². The molecule has 6 heteroatoms. The van der Waals surface area contributed by atoms with E-state index in [9.17, 15) is 15.2 Å². The van der Waals surface area contributed by atoms with Crippen molar-refractivity contribution in [3.63, 3.8) is 0 Å². The van der Waals surface area contributed by atoms with Gasteiger partial charge in [-0.25, -0.2) is 0 Å². The Bertz CT molecular complexity index is 549. The van der Waals surface area contributed by atoms with Crippen LogP contribution in [0, 0.1) is 10.1 Å². The summed E-state index contributed by atoms with van der Waals surface area (Å²) in [5, 5.41) is 20.6. The molecule has 2 aliphatic rings. The predicted molar refractivity (Wildman–Crippen MR) is 80.4 cm³/mol. The first-order chi connectivity index (χ1) is 10.1. The number of nitro benzene ring substituents is 1. The van der Waals surface area contributed by atoms with Gasteiger partial charge in [-0.3, -0.25) is 15.0 Å². The molecule has 0 amide bonds. The van der Waals surface area contributed by atoms with Gasteiger partial charge in [-0.1, -0.05) is 0 Å². The molecule has 0 aromatic heterocycles. The first-order valence-electron chi connectivity index (χ1n) is 7.45. The number of aliphatic hydroxyl groups excluding tert-OH is 1. The molecule has 2 saturated heterocycles. The summed E-state index contributed by atoms with van der Waals surface area (Å²) in [5.41, 5.74) is 1.50. The van der Waals surface area contributed by atoms with Crippen LogP contribution >= 0.6 is 0 Å². The molecule has 3 rings (SSSR count). The Morgan fingerprint density at radius 3 is 2.81 bits per heavy atom. The summed E-state index contributed by atoms with van der Waals surface area (Å²) in [7, 11) is 2.16. The summed E-state index contributed by atoms with van der Waals surface area (Å²) in [6.07, 6.45) is 3.42. The Hall–Kier alpha value is -1.66. The van der Waals surface area contributed by atoms with Crippen molar-refractivity contribution in [1.82, 2.24) is 4.90 Å². The molecule has 6 nitrogen and oxygen atoms in total. The summed E-state index contributed by atoms with van der Waals surface area (Å²) in [6.45, 7) is 1.56. The minimum atomic E-state index is -0.330. The molecule has 1 N–H and O–H groups in total. The van der Waals surface area contributed by atoms with Crippen LogP contribution < -0.4 is 4.90 Å². The Kier molecular flexibility index (Phi) is 3.82. The molecule has 1 aromatic carbocycles. The van der Waals surface area contributed by atoms with Crippen molar-refractivity contribution in [2.24, 2.45) is 0 Å². The molecule has 2 bridgehead atoms. The summed E-state index contributed by atoms with van der Waals surface area (Å²) in [4.78, 5) is 15.5. The van der Waals surface area contributed by atoms with E-state index >= 15 is 0 Å². The lowest BCUT2D eigenvalue weighted by Gasteiger charge is -2.27. The second-order valence-electron chi connectivity index (χ2n) is 6.02. The van der Waals surface area contributed by atoms with Crippen molar-refractivity contribution in [1.29, 1.82) is 0 Å². The molecule has 0 spiro atoms. The van der Waals surface area contributed by atoms with Gasteiger partial charge in [0, 0.05) is 31.2 Å². The van der Waals surface area contributed by atoms with Crippen molar-refractivity contribution in [3.8, 4) is 0 Å². The number of anilines is 1. The van der Waals surface area contributed by atoms with Crippen molar-refractivity contribution in [2.75, 3.05) is 25.0 Å². The quantitative estimate of drug-likeness (QED) is 0.679. The average molecular weight is 291 g/mol. The number of aliphatic hydroxyl groups is 1. The van der Waals surface area contributed by atoms with Gasteiger partial charge < -0.3 is 10.0 Å². The lowest BCUT2D eigenvalue weighted by Crippen LogP contribution is -2.36. The summed E-state index contributed by atoms with van der Waals surface area (Å²) in [6, 6.07) is 5.96. The van der Waals surface area contributed by atoms with E-state index in [-0.39, 0.29) is 17.2 Å². The van der Waals surface area contributed by atoms with Gasteiger partial charge in [-0.05, 0) is 44.0 Å². The Balaban J connectivity index is 1.93. The maximum Gasteiger partial charge on any atom is 0.292 e. The van der Waals surface area contributed by atoms with Crippen molar-refractivity contribution >= 4 is 11.4 Å². The normalized spacial score (nSPS) is 25.9. The van der Waals surface area contributed by atoms with Crippen LogP contribution in [0.25, 0.3) is 0 Å². The van der Waals surface area contributed by atoms with Crippen LogP contribution in [-0.2, 0) is 6.61 Å².